The van der Waals surface area contributed by atoms with Gasteiger partial charge in [-0.1, -0.05) is 59.3 Å². The summed E-state index contributed by atoms with van der Waals surface area (Å²) in [4.78, 5) is 14.2. The number of unbranched alkanes of at least 4 members (excludes halogenated alkanes) is 1. The van der Waals surface area contributed by atoms with Crippen molar-refractivity contribution in [3.8, 4) is 0 Å². The number of rotatable bonds is 18. The standard InChI is InChI=1S/C25H47N3O/c1-7-12-17-25(29)27-21-23(11-5)20-26-22(6)15-13-16-24(14-8-2)28(18-9-3)19-10-4/h8,13-14,16,22-23,26H,2,7,9-12,15,17-21H2,1,3-6H3,(H,27,29)/b16-13-,24-14+. The van der Waals surface area contributed by atoms with Gasteiger partial charge in [0.25, 0.3) is 0 Å². The molecular weight excluding hydrogens is 358 g/mol. The van der Waals surface area contributed by atoms with E-state index in [2.05, 4.69) is 75.0 Å². The van der Waals surface area contributed by atoms with E-state index in [1.807, 2.05) is 6.08 Å². The highest BCUT2D eigenvalue weighted by molar-refractivity contribution is 5.75. The molecule has 2 atom stereocenters. The molecule has 0 aliphatic rings. The number of carbonyl (C=O) groups excluding carboxylic acids is 1. The van der Waals surface area contributed by atoms with Gasteiger partial charge in [0, 0.05) is 37.8 Å². The second kappa shape index (κ2) is 18.5. The molecule has 2 N–H and O–H groups in total. The van der Waals surface area contributed by atoms with Gasteiger partial charge in [-0.25, -0.2) is 0 Å². The van der Waals surface area contributed by atoms with Gasteiger partial charge in [-0.05, 0) is 57.2 Å². The van der Waals surface area contributed by atoms with Crippen molar-refractivity contribution in [1.82, 2.24) is 15.5 Å². The molecule has 0 aliphatic carbocycles. The SMILES string of the molecule is C=C/C=C(\C=C/CC(C)NCC(CC)CNC(=O)CCCC)N(CCC)CCC. The van der Waals surface area contributed by atoms with Crippen molar-refractivity contribution < 1.29 is 4.79 Å². The van der Waals surface area contributed by atoms with E-state index in [1.54, 1.807) is 0 Å². The van der Waals surface area contributed by atoms with Gasteiger partial charge in [0.1, 0.15) is 0 Å². The summed E-state index contributed by atoms with van der Waals surface area (Å²) in [6, 6.07) is 0.409. The van der Waals surface area contributed by atoms with Crippen molar-refractivity contribution in [3.05, 3.63) is 36.6 Å². The van der Waals surface area contributed by atoms with E-state index in [4.69, 9.17) is 0 Å². The number of amides is 1. The normalized spacial score (nSPS) is 14.0. The highest BCUT2D eigenvalue weighted by Crippen LogP contribution is 2.10. The fourth-order valence-electron chi connectivity index (χ4n) is 3.19. The molecule has 0 spiro atoms. The maximum atomic E-state index is 11.8. The van der Waals surface area contributed by atoms with Crippen molar-refractivity contribution in [3.63, 3.8) is 0 Å². The molecule has 4 nitrogen and oxygen atoms in total. The Hall–Kier alpha value is -1.55. The number of hydrogen-bond acceptors (Lipinski definition) is 3. The molecule has 0 fully saturated rings. The third-order valence-corrected chi connectivity index (χ3v) is 5.10. The molecule has 29 heavy (non-hydrogen) atoms. The summed E-state index contributed by atoms with van der Waals surface area (Å²) in [5.41, 5.74) is 1.25. The minimum Gasteiger partial charge on any atom is -0.372 e. The number of nitrogens with zero attached hydrogens (tertiary/aromatic N) is 1. The van der Waals surface area contributed by atoms with Crippen LogP contribution in [0.25, 0.3) is 0 Å². The first-order valence-corrected chi connectivity index (χ1v) is 11.8. The highest BCUT2D eigenvalue weighted by Gasteiger charge is 2.10. The highest BCUT2D eigenvalue weighted by atomic mass is 16.1. The Bertz CT molecular complexity index is 478. The fraction of sp³-hybridized carbons (Fsp3) is 0.720. The second-order valence-electron chi connectivity index (χ2n) is 7.94. The maximum absolute atomic E-state index is 11.8. The molecule has 0 saturated carbocycles. The van der Waals surface area contributed by atoms with Crippen LogP contribution in [0.5, 0.6) is 0 Å². The average Bonchev–Trinajstić information content (AvgIpc) is 2.71. The fourth-order valence-corrected chi connectivity index (χ4v) is 3.19. The summed E-state index contributed by atoms with van der Waals surface area (Å²) in [6.45, 7) is 18.7. The summed E-state index contributed by atoms with van der Waals surface area (Å²) in [6.07, 6.45) is 15.5. The minimum absolute atomic E-state index is 0.187. The van der Waals surface area contributed by atoms with Crippen LogP contribution in [-0.2, 0) is 4.79 Å². The van der Waals surface area contributed by atoms with Gasteiger partial charge in [-0.3, -0.25) is 4.79 Å². The Morgan fingerprint density at radius 3 is 2.31 bits per heavy atom. The number of nitrogens with one attached hydrogen (secondary N) is 2. The van der Waals surface area contributed by atoms with Crippen LogP contribution in [0.3, 0.4) is 0 Å². The molecule has 2 unspecified atom stereocenters. The average molecular weight is 406 g/mol. The summed E-state index contributed by atoms with van der Waals surface area (Å²) in [5, 5.41) is 6.72. The van der Waals surface area contributed by atoms with Crippen LogP contribution < -0.4 is 10.6 Å². The zero-order chi connectivity index (χ0) is 21.9. The molecule has 1 amide bonds. The lowest BCUT2D eigenvalue weighted by atomic mass is 10.1. The molecule has 0 saturated heterocycles. The van der Waals surface area contributed by atoms with Crippen LogP contribution in [0.1, 0.15) is 79.6 Å². The molecule has 0 heterocycles. The Morgan fingerprint density at radius 1 is 1.07 bits per heavy atom. The van der Waals surface area contributed by atoms with Crippen LogP contribution in [0.2, 0.25) is 0 Å². The predicted octanol–water partition coefficient (Wildman–Crippen LogP) is 5.44. The van der Waals surface area contributed by atoms with Gasteiger partial charge < -0.3 is 15.5 Å². The third-order valence-electron chi connectivity index (χ3n) is 5.10. The lowest BCUT2D eigenvalue weighted by Crippen LogP contribution is -2.37. The van der Waals surface area contributed by atoms with Crippen LogP contribution in [0.4, 0.5) is 0 Å². The quantitative estimate of drug-likeness (QED) is 0.299. The Morgan fingerprint density at radius 2 is 1.76 bits per heavy atom. The third kappa shape index (κ3) is 14.1. The van der Waals surface area contributed by atoms with Gasteiger partial charge in [-0.2, -0.15) is 0 Å². The van der Waals surface area contributed by atoms with Crippen LogP contribution in [-0.4, -0.2) is 43.0 Å². The topological polar surface area (TPSA) is 44.4 Å². The summed E-state index contributed by atoms with van der Waals surface area (Å²) >= 11 is 0. The summed E-state index contributed by atoms with van der Waals surface area (Å²) < 4.78 is 0. The van der Waals surface area contributed by atoms with E-state index in [0.717, 1.165) is 64.7 Å². The van der Waals surface area contributed by atoms with E-state index >= 15 is 0 Å². The van der Waals surface area contributed by atoms with Gasteiger partial charge in [0.05, 0.1) is 0 Å². The molecule has 0 aromatic heterocycles. The van der Waals surface area contributed by atoms with Gasteiger partial charge >= 0.3 is 0 Å². The molecule has 0 aromatic rings. The number of allylic oxidation sites excluding steroid dienone is 3. The second-order valence-corrected chi connectivity index (χ2v) is 7.94. The van der Waals surface area contributed by atoms with Crippen molar-refractivity contribution in [2.75, 3.05) is 26.2 Å². The van der Waals surface area contributed by atoms with E-state index in [-0.39, 0.29) is 5.91 Å². The molecule has 0 bridgehead atoms. The zero-order valence-corrected chi connectivity index (χ0v) is 19.8. The van der Waals surface area contributed by atoms with E-state index in [1.165, 1.54) is 5.70 Å². The monoisotopic (exact) mass is 405 g/mol. The number of hydrogen-bond donors (Lipinski definition) is 2. The molecule has 0 aromatic carbocycles. The maximum Gasteiger partial charge on any atom is 0.220 e. The molecule has 4 heteroatoms. The first-order chi connectivity index (χ1) is 14.0. The lowest BCUT2D eigenvalue weighted by Gasteiger charge is -2.25. The van der Waals surface area contributed by atoms with Crippen molar-refractivity contribution in [1.29, 1.82) is 0 Å². The molecule has 168 valence electrons. The predicted molar refractivity (Wildman–Crippen MR) is 128 cm³/mol. The van der Waals surface area contributed by atoms with Crippen molar-refractivity contribution in [2.24, 2.45) is 5.92 Å². The molecule has 0 radical (unpaired) electrons. The minimum atomic E-state index is 0.187. The number of carbonyl (C=O) groups is 1. The van der Waals surface area contributed by atoms with Gasteiger partial charge in [0.15, 0.2) is 0 Å². The molecular formula is C25H47N3O. The van der Waals surface area contributed by atoms with Gasteiger partial charge in [-0.15, -0.1) is 0 Å². The van der Waals surface area contributed by atoms with Crippen molar-refractivity contribution >= 4 is 5.91 Å². The Balaban J connectivity index is 4.44. The van der Waals surface area contributed by atoms with Gasteiger partial charge in [0.2, 0.25) is 5.91 Å². The van der Waals surface area contributed by atoms with E-state index < -0.39 is 0 Å². The summed E-state index contributed by atoms with van der Waals surface area (Å²) in [5.74, 6) is 0.666. The first kappa shape index (κ1) is 27.5. The largest absolute Gasteiger partial charge is 0.372 e. The first-order valence-electron chi connectivity index (χ1n) is 11.8. The van der Waals surface area contributed by atoms with Crippen LogP contribution in [0.15, 0.2) is 36.6 Å². The lowest BCUT2D eigenvalue weighted by molar-refractivity contribution is -0.121. The zero-order valence-electron chi connectivity index (χ0n) is 19.8. The van der Waals surface area contributed by atoms with Crippen molar-refractivity contribution in [2.45, 2.75) is 85.6 Å². The van der Waals surface area contributed by atoms with E-state index in [9.17, 15) is 4.79 Å². The Labute approximate surface area is 180 Å². The van der Waals surface area contributed by atoms with Crippen LogP contribution in [0, 0.1) is 5.92 Å². The smallest absolute Gasteiger partial charge is 0.220 e. The summed E-state index contributed by atoms with van der Waals surface area (Å²) in [7, 11) is 0. The Kier molecular flexibility index (Phi) is 17.5. The molecule has 0 rings (SSSR count). The van der Waals surface area contributed by atoms with Crippen LogP contribution >= 0.6 is 0 Å². The molecule has 0 aliphatic heterocycles. The van der Waals surface area contributed by atoms with E-state index in [0.29, 0.717) is 18.4 Å².